The normalized spacial score (nSPS) is 10.9. The van der Waals surface area contributed by atoms with E-state index in [2.05, 4.69) is 50.2 Å². The molecule has 0 unspecified atom stereocenters. The van der Waals surface area contributed by atoms with Crippen molar-refractivity contribution >= 4 is 0 Å². The summed E-state index contributed by atoms with van der Waals surface area (Å²) in [4.78, 5) is 0. The third-order valence-corrected chi connectivity index (χ3v) is 5.76. The van der Waals surface area contributed by atoms with Crippen molar-refractivity contribution in [2.75, 3.05) is 0 Å². The summed E-state index contributed by atoms with van der Waals surface area (Å²) >= 11 is 0. The predicted octanol–water partition coefficient (Wildman–Crippen LogP) is 3.42. The molecule has 9 heteroatoms. The van der Waals surface area contributed by atoms with Crippen molar-refractivity contribution in [2.24, 2.45) is 0 Å². The first kappa shape index (κ1) is 35.2. The summed E-state index contributed by atoms with van der Waals surface area (Å²) in [7, 11) is 0. The maximum atomic E-state index is 12.8. The maximum Gasteiger partial charge on any atom is 4.00 e. The summed E-state index contributed by atoms with van der Waals surface area (Å²) < 4.78 is 76.6. The molecule has 0 spiro atoms. The molecule has 0 fully saturated rings. The van der Waals surface area contributed by atoms with Gasteiger partial charge < -0.3 is 24.8 Å². The standard InChI is InChI=1S/C15H11F6.C13H13.2ClH.Zr/c1-8-3-10(4-9(8)2)11-5-12(14(16,17)18)7-13(6-11)15(19,20)21;1-10-8-13(9-11(10)2)12-6-4-3-5-7-12;;;/h3-7H,1-2H3;3-9H,1-2H3;2*1H;/q2*-1;;;+4/p-2. The van der Waals surface area contributed by atoms with E-state index in [-0.39, 0.29) is 62.6 Å². The number of hydrogen-bond acceptors (Lipinski definition) is 0. The van der Waals surface area contributed by atoms with Gasteiger partial charge in [-0.2, -0.15) is 26.3 Å². The van der Waals surface area contributed by atoms with Crippen molar-refractivity contribution in [3.8, 4) is 22.3 Å². The first-order valence-electron chi connectivity index (χ1n) is 10.6. The largest absolute Gasteiger partial charge is 4.00 e. The van der Waals surface area contributed by atoms with Crippen molar-refractivity contribution in [1.82, 2.24) is 0 Å². The van der Waals surface area contributed by atoms with E-state index >= 15 is 0 Å². The Kier molecular flexibility index (Phi) is 13.1. The summed E-state index contributed by atoms with van der Waals surface area (Å²) in [6.45, 7) is 7.80. The summed E-state index contributed by atoms with van der Waals surface area (Å²) in [5.74, 6) is 0. The molecule has 0 heterocycles. The zero-order chi connectivity index (χ0) is 25.3. The van der Waals surface area contributed by atoms with Gasteiger partial charge in [0, 0.05) is 11.1 Å². The molecule has 0 aliphatic rings. The fourth-order valence-corrected chi connectivity index (χ4v) is 3.56. The average molecular weight is 637 g/mol. The molecule has 4 aromatic carbocycles. The van der Waals surface area contributed by atoms with E-state index in [1.807, 2.05) is 6.07 Å². The predicted molar refractivity (Wildman–Crippen MR) is 124 cm³/mol. The van der Waals surface area contributed by atoms with E-state index in [4.69, 9.17) is 0 Å². The molecule has 0 N–H and O–H groups in total. The Morgan fingerprint density at radius 1 is 0.514 bits per heavy atom. The average Bonchev–Trinajstić information content (AvgIpc) is 3.28. The van der Waals surface area contributed by atoms with Gasteiger partial charge >= 0.3 is 38.6 Å². The van der Waals surface area contributed by atoms with Crippen LogP contribution < -0.4 is 24.8 Å². The van der Waals surface area contributed by atoms with E-state index in [1.54, 1.807) is 26.0 Å². The molecule has 0 amide bonds. The number of alkyl halides is 6. The minimum Gasteiger partial charge on any atom is -1.00 e. The fourth-order valence-electron chi connectivity index (χ4n) is 3.56. The van der Waals surface area contributed by atoms with E-state index in [9.17, 15) is 26.3 Å². The summed E-state index contributed by atoms with van der Waals surface area (Å²) in [6.07, 6.45) is -9.65. The van der Waals surface area contributed by atoms with Gasteiger partial charge in [-0.1, -0.05) is 63.1 Å². The van der Waals surface area contributed by atoms with Crippen molar-refractivity contribution in [1.29, 1.82) is 0 Å². The third kappa shape index (κ3) is 9.16. The van der Waals surface area contributed by atoms with Gasteiger partial charge in [-0.3, -0.25) is 0 Å². The Hall–Kier alpha value is -1.82. The van der Waals surface area contributed by atoms with Gasteiger partial charge in [0.15, 0.2) is 0 Å². The molecule has 0 nitrogen and oxygen atoms in total. The van der Waals surface area contributed by atoms with Crippen LogP contribution in [0, 0.1) is 27.7 Å². The molecular weight excluding hydrogens is 612 g/mol. The van der Waals surface area contributed by atoms with Crippen LogP contribution in [0.4, 0.5) is 26.3 Å². The molecule has 196 valence electrons. The molecule has 0 bridgehead atoms. The molecule has 0 aromatic heterocycles. The van der Waals surface area contributed by atoms with Gasteiger partial charge in [0.25, 0.3) is 0 Å². The van der Waals surface area contributed by atoms with Crippen LogP contribution in [-0.4, -0.2) is 0 Å². The van der Waals surface area contributed by atoms with Gasteiger partial charge in [0.2, 0.25) is 0 Å². The Labute approximate surface area is 244 Å². The van der Waals surface area contributed by atoms with Gasteiger partial charge in [0.05, 0.1) is 0 Å². The summed E-state index contributed by atoms with van der Waals surface area (Å²) in [6, 6.07) is 19.7. The summed E-state index contributed by atoms with van der Waals surface area (Å²) in [5, 5.41) is 0. The second kappa shape index (κ2) is 13.8. The van der Waals surface area contributed by atoms with Gasteiger partial charge in [-0.25, -0.2) is 0 Å². The van der Waals surface area contributed by atoms with Crippen molar-refractivity contribution in [2.45, 2.75) is 40.0 Å². The molecule has 4 aromatic rings. The first-order valence-corrected chi connectivity index (χ1v) is 10.6. The molecule has 0 atom stereocenters. The van der Waals surface area contributed by atoms with Crippen LogP contribution in [0.5, 0.6) is 0 Å². The Bertz CT molecular complexity index is 1200. The molecule has 4 rings (SSSR count). The van der Waals surface area contributed by atoms with Crippen molar-refractivity contribution < 1.29 is 77.4 Å². The van der Waals surface area contributed by atoms with Crippen molar-refractivity contribution in [3.63, 3.8) is 0 Å². The van der Waals surface area contributed by atoms with Gasteiger partial charge in [-0.15, -0.1) is 81.9 Å². The zero-order valence-electron chi connectivity index (χ0n) is 20.5. The van der Waals surface area contributed by atoms with Crippen LogP contribution in [0.2, 0.25) is 0 Å². The van der Waals surface area contributed by atoms with E-state index in [0.29, 0.717) is 5.56 Å². The van der Waals surface area contributed by atoms with E-state index in [1.165, 1.54) is 22.3 Å². The Morgan fingerprint density at radius 2 is 0.838 bits per heavy atom. The molecule has 0 aliphatic heterocycles. The zero-order valence-corrected chi connectivity index (χ0v) is 24.4. The van der Waals surface area contributed by atoms with Crippen LogP contribution in [0.15, 0.2) is 72.8 Å². The second-order valence-electron chi connectivity index (χ2n) is 8.38. The van der Waals surface area contributed by atoms with Crippen LogP contribution in [0.1, 0.15) is 33.4 Å². The smallest absolute Gasteiger partial charge is 1.00 e. The van der Waals surface area contributed by atoms with Crippen LogP contribution >= 0.6 is 0 Å². The maximum absolute atomic E-state index is 12.8. The molecule has 0 saturated heterocycles. The minimum atomic E-state index is -4.83. The fraction of sp³-hybridized carbons (Fsp3) is 0.214. The van der Waals surface area contributed by atoms with Gasteiger partial charge in [0.1, 0.15) is 0 Å². The SMILES string of the molecule is Cc1c[c-](-c2cc(C(F)(F)F)cc(C(F)(F)F)c2)cc1C.Cc1c[c-](-c2ccccc2)cc1C.[Cl-].[Cl-].[Zr+4]. The number of aryl methyl sites for hydroxylation is 4. The number of benzene rings is 2. The third-order valence-electron chi connectivity index (χ3n) is 5.76. The van der Waals surface area contributed by atoms with Crippen molar-refractivity contribution in [3.05, 3.63) is 106 Å². The first-order chi connectivity index (χ1) is 15.8. The second-order valence-corrected chi connectivity index (χ2v) is 8.38. The van der Waals surface area contributed by atoms with E-state index < -0.39 is 23.5 Å². The minimum absolute atomic E-state index is 0. The number of halogens is 8. The molecular formula is C28H24Cl2F6Zr. The van der Waals surface area contributed by atoms with Gasteiger partial charge in [-0.05, 0) is 0 Å². The molecule has 0 radical (unpaired) electrons. The Balaban J connectivity index is 0.000000705. The molecule has 0 saturated carbocycles. The van der Waals surface area contributed by atoms with Crippen LogP contribution in [0.3, 0.4) is 0 Å². The van der Waals surface area contributed by atoms with E-state index in [0.717, 1.165) is 23.3 Å². The monoisotopic (exact) mass is 634 g/mol. The Morgan fingerprint density at radius 3 is 1.16 bits per heavy atom. The molecule has 0 aliphatic carbocycles. The number of hydrogen-bond donors (Lipinski definition) is 0. The quantitative estimate of drug-likeness (QED) is 0.234. The topological polar surface area (TPSA) is 0 Å². The van der Waals surface area contributed by atoms with Crippen LogP contribution in [0.25, 0.3) is 22.3 Å². The van der Waals surface area contributed by atoms with Crippen LogP contribution in [-0.2, 0) is 38.6 Å². The molecule has 37 heavy (non-hydrogen) atoms. The summed E-state index contributed by atoms with van der Waals surface area (Å²) in [5.41, 5.74) is 4.67. The number of rotatable bonds is 2.